The molecule has 3 rings (SSSR count). The van der Waals surface area contributed by atoms with Crippen LogP contribution in [0.15, 0.2) is 42.5 Å². The van der Waals surface area contributed by atoms with E-state index in [-0.39, 0.29) is 10.6 Å². The molecule has 0 saturated carbocycles. The van der Waals surface area contributed by atoms with Gasteiger partial charge in [0.15, 0.2) is 6.61 Å². The van der Waals surface area contributed by atoms with Crippen LogP contribution in [0, 0.1) is 0 Å². The standard InChI is InChI=1S/C22H23Cl2N3O5/c23-16-3-6-18(19(24)11-16)22(30)25-12-21(29)32-14-20(28)26-17-4-1-15(2-5-17)13-27-7-9-31-10-8-27/h1-6,11H,7-10,12-14H2,(H,25,30)(H,26,28). The molecule has 0 atom stereocenters. The van der Waals surface area contributed by atoms with Gasteiger partial charge in [-0.05, 0) is 35.9 Å². The summed E-state index contributed by atoms with van der Waals surface area (Å²) in [5, 5.41) is 5.61. The number of hydrogen-bond acceptors (Lipinski definition) is 6. The van der Waals surface area contributed by atoms with Crippen molar-refractivity contribution in [2.75, 3.05) is 44.8 Å². The number of hydrogen-bond donors (Lipinski definition) is 2. The zero-order chi connectivity index (χ0) is 22.9. The number of esters is 1. The minimum Gasteiger partial charge on any atom is -0.454 e. The predicted octanol–water partition coefficient (Wildman–Crippen LogP) is 2.74. The van der Waals surface area contributed by atoms with Gasteiger partial charge in [0.25, 0.3) is 11.8 Å². The topological polar surface area (TPSA) is 97.0 Å². The van der Waals surface area contributed by atoms with Crippen molar-refractivity contribution in [3.05, 3.63) is 63.6 Å². The van der Waals surface area contributed by atoms with Crippen LogP contribution in [0.1, 0.15) is 15.9 Å². The van der Waals surface area contributed by atoms with E-state index in [1.54, 1.807) is 12.1 Å². The lowest BCUT2D eigenvalue weighted by atomic mass is 10.2. The molecule has 0 radical (unpaired) electrons. The second kappa shape index (κ2) is 11.8. The summed E-state index contributed by atoms with van der Waals surface area (Å²) in [4.78, 5) is 38.2. The minimum atomic E-state index is -0.751. The smallest absolute Gasteiger partial charge is 0.325 e. The summed E-state index contributed by atoms with van der Waals surface area (Å²) in [5.74, 6) is -1.78. The summed E-state index contributed by atoms with van der Waals surface area (Å²) in [5.41, 5.74) is 1.91. The van der Waals surface area contributed by atoms with E-state index in [1.165, 1.54) is 18.2 Å². The number of nitrogens with zero attached hydrogens (tertiary/aromatic N) is 1. The third kappa shape index (κ3) is 7.49. The molecule has 1 aliphatic rings. The van der Waals surface area contributed by atoms with Crippen LogP contribution in [0.25, 0.3) is 0 Å². The summed E-state index contributed by atoms with van der Waals surface area (Å²) < 4.78 is 10.2. The van der Waals surface area contributed by atoms with Crippen molar-refractivity contribution >= 4 is 46.7 Å². The van der Waals surface area contributed by atoms with Crippen LogP contribution < -0.4 is 10.6 Å². The maximum absolute atomic E-state index is 12.1. The third-order valence-corrected chi connectivity index (χ3v) is 5.23. The molecule has 0 bridgehead atoms. The van der Waals surface area contributed by atoms with E-state index >= 15 is 0 Å². The van der Waals surface area contributed by atoms with E-state index < -0.39 is 30.9 Å². The lowest BCUT2D eigenvalue weighted by molar-refractivity contribution is -0.146. The first-order valence-corrected chi connectivity index (χ1v) is 10.7. The molecular formula is C22H23Cl2N3O5. The summed E-state index contributed by atoms with van der Waals surface area (Å²) >= 11 is 11.7. The van der Waals surface area contributed by atoms with E-state index in [1.807, 2.05) is 12.1 Å². The number of rotatable bonds is 8. The largest absolute Gasteiger partial charge is 0.454 e. The van der Waals surface area contributed by atoms with Crippen LogP contribution >= 0.6 is 23.2 Å². The highest BCUT2D eigenvalue weighted by Crippen LogP contribution is 2.20. The Morgan fingerprint density at radius 2 is 1.75 bits per heavy atom. The number of anilines is 1. The first-order valence-electron chi connectivity index (χ1n) is 9.98. The fourth-order valence-electron chi connectivity index (χ4n) is 3.03. The fourth-order valence-corrected chi connectivity index (χ4v) is 3.52. The molecule has 170 valence electrons. The van der Waals surface area contributed by atoms with Crippen LogP contribution in [0.2, 0.25) is 10.0 Å². The molecule has 2 aromatic carbocycles. The van der Waals surface area contributed by atoms with Gasteiger partial charge in [-0.25, -0.2) is 0 Å². The van der Waals surface area contributed by atoms with Crippen LogP contribution in [0.3, 0.4) is 0 Å². The highest BCUT2D eigenvalue weighted by molar-refractivity contribution is 6.36. The Labute approximate surface area is 195 Å². The summed E-state index contributed by atoms with van der Waals surface area (Å²) in [6.45, 7) is 3.24. The summed E-state index contributed by atoms with van der Waals surface area (Å²) in [6, 6.07) is 11.9. The van der Waals surface area contributed by atoms with Crippen LogP contribution in [0.5, 0.6) is 0 Å². The first kappa shape index (κ1) is 24.0. The Morgan fingerprint density at radius 1 is 1.03 bits per heavy atom. The molecule has 2 aromatic rings. The number of carbonyl (C=O) groups excluding carboxylic acids is 3. The normalized spacial score (nSPS) is 13.9. The second-order valence-corrected chi connectivity index (χ2v) is 7.94. The molecule has 32 heavy (non-hydrogen) atoms. The Morgan fingerprint density at radius 3 is 2.44 bits per heavy atom. The number of carbonyl (C=O) groups is 3. The Bertz CT molecular complexity index is 963. The highest BCUT2D eigenvalue weighted by Gasteiger charge is 2.14. The van der Waals surface area contributed by atoms with Crippen molar-refractivity contribution in [1.29, 1.82) is 0 Å². The lowest BCUT2D eigenvalue weighted by Crippen LogP contribution is -2.35. The number of halogens is 2. The molecule has 1 fully saturated rings. The van der Waals surface area contributed by atoms with E-state index in [0.717, 1.165) is 38.4 Å². The monoisotopic (exact) mass is 479 g/mol. The van der Waals surface area contributed by atoms with Gasteiger partial charge in [-0.15, -0.1) is 0 Å². The van der Waals surface area contributed by atoms with Crippen LogP contribution in [0.4, 0.5) is 5.69 Å². The molecule has 2 N–H and O–H groups in total. The molecule has 2 amide bonds. The fraction of sp³-hybridized carbons (Fsp3) is 0.318. The maximum Gasteiger partial charge on any atom is 0.325 e. The number of morpholine rings is 1. The number of nitrogens with one attached hydrogen (secondary N) is 2. The van der Waals surface area contributed by atoms with E-state index in [2.05, 4.69) is 15.5 Å². The molecule has 0 spiro atoms. The van der Waals surface area contributed by atoms with Crippen molar-refractivity contribution in [3.8, 4) is 0 Å². The van der Waals surface area contributed by atoms with E-state index in [9.17, 15) is 14.4 Å². The number of ether oxygens (including phenoxy) is 2. The van der Waals surface area contributed by atoms with Crippen molar-refractivity contribution < 1.29 is 23.9 Å². The molecule has 0 aromatic heterocycles. The van der Waals surface area contributed by atoms with Crippen molar-refractivity contribution in [3.63, 3.8) is 0 Å². The van der Waals surface area contributed by atoms with Gasteiger partial charge < -0.3 is 20.1 Å². The average Bonchev–Trinajstić information content (AvgIpc) is 2.78. The molecule has 1 aliphatic heterocycles. The number of amides is 2. The minimum absolute atomic E-state index is 0.165. The predicted molar refractivity (Wildman–Crippen MR) is 121 cm³/mol. The molecule has 10 heteroatoms. The Balaban J connectivity index is 1.37. The van der Waals surface area contributed by atoms with Gasteiger partial charge in [0, 0.05) is 30.3 Å². The zero-order valence-corrected chi connectivity index (χ0v) is 18.7. The molecule has 0 unspecified atom stereocenters. The molecule has 1 saturated heterocycles. The number of benzene rings is 2. The zero-order valence-electron chi connectivity index (χ0n) is 17.2. The molecule has 8 nitrogen and oxygen atoms in total. The second-order valence-electron chi connectivity index (χ2n) is 7.10. The van der Waals surface area contributed by atoms with Gasteiger partial charge >= 0.3 is 5.97 Å². The van der Waals surface area contributed by atoms with Crippen LogP contribution in [-0.4, -0.2) is 62.1 Å². The molecule has 1 heterocycles. The van der Waals surface area contributed by atoms with E-state index in [0.29, 0.717) is 10.7 Å². The Hall–Kier alpha value is -2.65. The SMILES string of the molecule is O=C(COC(=O)CNC(=O)c1ccc(Cl)cc1Cl)Nc1ccc(CN2CCOCC2)cc1. The van der Waals surface area contributed by atoms with Gasteiger partial charge in [-0.3, -0.25) is 19.3 Å². The lowest BCUT2D eigenvalue weighted by Gasteiger charge is -2.26. The van der Waals surface area contributed by atoms with Crippen molar-refractivity contribution in [1.82, 2.24) is 10.2 Å². The van der Waals surface area contributed by atoms with E-state index in [4.69, 9.17) is 32.7 Å². The highest BCUT2D eigenvalue weighted by atomic mass is 35.5. The summed E-state index contributed by atoms with van der Waals surface area (Å²) in [7, 11) is 0. The first-order chi connectivity index (χ1) is 15.4. The van der Waals surface area contributed by atoms with Crippen LogP contribution in [-0.2, 0) is 25.6 Å². The summed E-state index contributed by atoms with van der Waals surface area (Å²) in [6.07, 6.45) is 0. The molecular weight excluding hydrogens is 457 g/mol. The van der Waals surface area contributed by atoms with Crippen molar-refractivity contribution in [2.45, 2.75) is 6.54 Å². The Kier molecular flexibility index (Phi) is 8.87. The van der Waals surface area contributed by atoms with Gasteiger partial charge in [0.1, 0.15) is 6.54 Å². The van der Waals surface area contributed by atoms with Gasteiger partial charge in [0.05, 0.1) is 23.8 Å². The maximum atomic E-state index is 12.1. The third-order valence-electron chi connectivity index (χ3n) is 4.68. The average molecular weight is 480 g/mol. The van der Waals surface area contributed by atoms with Gasteiger partial charge in [0.2, 0.25) is 0 Å². The van der Waals surface area contributed by atoms with Crippen molar-refractivity contribution in [2.24, 2.45) is 0 Å². The molecule has 0 aliphatic carbocycles. The quantitative estimate of drug-likeness (QED) is 0.565. The van der Waals surface area contributed by atoms with Gasteiger partial charge in [-0.1, -0.05) is 35.3 Å². The van der Waals surface area contributed by atoms with Gasteiger partial charge in [-0.2, -0.15) is 0 Å².